The Morgan fingerprint density at radius 2 is 1.77 bits per heavy atom. The van der Waals surface area contributed by atoms with Gasteiger partial charge in [-0.3, -0.25) is 13.7 Å². The van der Waals surface area contributed by atoms with Crippen LogP contribution in [-0.4, -0.2) is 46.6 Å². The van der Waals surface area contributed by atoms with Gasteiger partial charge in [0.25, 0.3) is 5.56 Å². The molecular formula is C20H24N4OS. The van der Waals surface area contributed by atoms with E-state index in [0.29, 0.717) is 0 Å². The molecule has 0 radical (unpaired) electrons. The molecule has 1 fully saturated rings. The number of aromatic nitrogens is 2. The fourth-order valence-electron chi connectivity index (χ4n) is 3.65. The highest BCUT2D eigenvalue weighted by Crippen LogP contribution is 2.19. The van der Waals surface area contributed by atoms with Crippen molar-refractivity contribution in [2.24, 2.45) is 0 Å². The number of anilines is 1. The van der Waals surface area contributed by atoms with Crippen LogP contribution in [0.5, 0.6) is 0 Å². The zero-order valence-corrected chi connectivity index (χ0v) is 16.1. The Labute approximate surface area is 157 Å². The Bertz CT molecular complexity index is 955. The first kappa shape index (κ1) is 17.2. The molecule has 136 valence electrons. The molecule has 2 aromatic heterocycles. The van der Waals surface area contributed by atoms with Gasteiger partial charge in [0.15, 0.2) is 0 Å². The number of pyridine rings is 1. The van der Waals surface area contributed by atoms with Crippen molar-refractivity contribution in [1.29, 1.82) is 0 Å². The lowest BCUT2D eigenvalue weighted by molar-refractivity contribution is 0.250. The minimum Gasteiger partial charge on any atom is -0.369 e. The van der Waals surface area contributed by atoms with Gasteiger partial charge in [-0.15, -0.1) is 0 Å². The highest BCUT2D eigenvalue weighted by atomic mass is 32.1. The lowest BCUT2D eigenvalue weighted by Gasteiger charge is -2.36. The van der Waals surface area contributed by atoms with E-state index in [0.717, 1.165) is 60.7 Å². The van der Waals surface area contributed by atoms with Crippen molar-refractivity contribution in [1.82, 2.24) is 13.8 Å². The first-order chi connectivity index (χ1) is 12.6. The van der Waals surface area contributed by atoms with Crippen molar-refractivity contribution in [3.8, 4) is 0 Å². The van der Waals surface area contributed by atoms with E-state index < -0.39 is 0 Å². The second kappa shape index (κ2) is 7.21. The van der Waals surface area contributed by atoms with Crippen LogP contribution in [0.3, 0.4) is 0 Å². The molecule has 0 bridgehead atoms. The van der Waals surface area contributed by atoms with Gasteiger partial charge in [0, 0.05) is 50.6 Å². The average molecular weight is 369 g/mol. The summed E-state index contributed by atoms with van der Waals surface area (Å²) in [4.78, 5) is 22.9. The predicted octanol–water partition coefficient (Wildman–Crippen LogP) is 2.90. The minimum absolute atomic E-state index is 0.109. The smallest absolute Gasteiger partial charge is 0.270 e. The van der Waals surface area contributed by atoms with E-state index in [-0.39, 0.29) is 5.56 Å². The molecule has 1 saturated heterocycles. The Kier molecular flexibility index (Phi) is 4.78. The first-order valence-electron chi connectivity index (χ1n) is 9.12. The molecule has 5 nitrogen and oxygen atoms in total. The van der Waals surface area contributed by atoms with Gasteiger partial charge in [0.1, 0.15) is 4.83 Å². The van der Waals surface area contributed by atoms with Crippen LogP contribution >= 0.6 is 11.5 Å². The fourth-order valence-corrected chi connectivity index (χ4v) is 4.73. The summed E-state index contributed by atoms with van der Waals surface area (Å²) in [5.41, 5.74) is 3.41. The van der Waals surface area contributed by atoms with E-state index in [2.05, 4.69) is 45.1 Å². The SMILES string of the molecule is Cc1cc(C)c2c(=O)n(CCN3CCN(c4ccccc4)CC3)sc2n1. The molecule has 3 heterocycles. The van der Waals surface area contributed by atoms with Crippen LogP contribution in [0.25, 0.3) is 10.2 Å². The van der Waals surface area contributed by atoms with Crippen molar-refractivity contribution in [2.45, 2.75) is 20.4 Å². The van der Waals surface area contributed by atoms with E-state index in [1.54, 1.807) is 0 Å². The third kappa shape index (κ3) is 3.39. The van der Waals surface area contributed by atoms with Gasteiger partial charge in [0.05, 0.1) is 5.39 Å². The highest BCUT2D eigenvalue weighted by molar-refractivity contribution is 7.13. The quantitative estimate of drug-likeness (QED) is 0.710. The molecule has 1 aliphatic heterocycles. The van der Waals surface area contributed by atoms with Crippen LogP contribution in [-0.2, 0) is 6.54 Å². The molecule has 0 spiro atoms. The number of benzene rings is 1. The molecule has 1 aliphatic rings. The standard InChI is InChI=1S/C20H24N4OS/c1-15-14-16(2)21-19-18(15)20(25)24(26-19)13-10-22-8-11-23(12-9-22)17-6-4-3-5-7-17/h3-7,14H,8-13H2,1-2H3. The van der Waals surface area contributed by atoms with Crippen molar-refractivity contribution in [2.75, 3.05) is 37.6 Å². The highest BCUT2D eigenvalue weighted by Gasteiger charge is 2.18. The molecule has 6 heteroatoms. The van der Waals surface area contributed by atoms with E-state index in [1.807, 2.05) is 23.9 Å². The molecule has 26 heavy (non-hydrogen) atoms. The molecule has 0 N–H and O–H groups in total. The van der Waals surface area contributed by atoms with E-state index in [9.17, 15) is 4.79 Å². The Hall–Kier alpha value is -2.18. The van der Waals surface area contributed by atoms with Gasteiger partial charge in [-0.2, -0.15) is 0 Å². The summed E-state index contributed by atoms with van der Waals surface area (Å²) in [6.07, 6.45) is 0. The molecule has 3 aromatic rings. The van der Waals surface area contributed by atoms with Gasteiger partial charge in [0.2, 0.25) is 0 Å². The first-order valence-corrected chi connectivity index (χ1v) is 9.89. The van der Waals surface area contributed by atoms with Crippen molar-refractivity contribution in [3.05, 3.63) is 58.0 Å². The van der Waals surface area contributed by atoms with Gasteiger partial charge in [-0.05, 0) is 49.1 Å². The Balaban J connectivity index is 1.40. The van der Waals surface area contributed by atoms with Crippen LogP contribution in [0.15, 0.2) is 41.2 Å². The zero-order valence-electron chi connectivity index (χ0n) is 15.3. The third-order valence-corrected chi connectivity index (χ3v) is 6.10. The van der Waals surface area contributed by atoms with E-state index in [1.165, 1.54) is 17.2 Å². The molecule has 1 aromatic carbocycles. The number of piperazine rings is 1. The summed E-state index contributed by atoms with van der Waals surface area (Å²) in [6.45, 7) is 9.76. The van der Waals surface area contributed by atoms with Gasteiger partial charge in [-0.25, -0.2) is 4.98 Å². The minimum atomic E-state index is 0.109. The number of para-hydroxylation sites is 1. The molecule has 0 amide bonds. The predicted molar refractivity (Wildman–Crippen MR) is 108 cm³/mol. The summed E-state index contributed by atoms with van der Waals surface area (Å²) in [7, 11) is 0. The van der Waals surface area contributed by atoms with Crippen molar-refractivity contribution >= 4 is 27.4 Å². The zero-order chi connectivity index (χ0) is 18.1. The van der Waals surface area contributed by atoms with Gasteiger partial charge >= 0.3 is 0 Å². The third-order valence-electron chi connectivity index (χ3n) is 5.06. The number of hydrogen-bond donors (Lipinski definition) is 0. The number of fused-ring (bicyclic) bond motifs is 1. The summed E-state index contributed by atoms with van der Waals surface area (Å²) in [5.74, 6) is 0. The van der Waals surface area contributed by atoms with Crippen LogP contribution in [0.1, 0.15) is 11.3 Å². The monoisotopic (exact) mass is 368 g/mol. The summed E-state index contributed by atoms with van der Waals surface area (Å²) < 4.78 is 1.87. The van der Waals surface area contributed by atoms with Gasteiger partial charge < -0.3 is 4.90 Å². The van der Waals surface area contributed by atoms with Crippen LogP contribution in [0.2, 0.25) is 0 Å². The topological polar surface area (TPSA) is 41.4 Å². The van der Waals surface area contributed by atoms with E-state index in [4.69, 9.17) is 0 Å². The largest absolute Gasteiger partial charge is 0.369 e. The van der Waals surface area contributed by atoms with Crippen molar-refractivity contribution < 1.29 is 0 Å². The second-order valence-electron chi connectivity index (χ2n) is 6.92. The molecule has 0 saturated carbocycles. The van der Waals surface area contributed by atoms with Crippen LogP contribution in [0, 0.1) is 13.8 Å². The lowest BCUT2D eigenvalue weighted by Crippen LogP contribution is -2.47. The molecule has 0 aliphatic carbocycles. The Morgan fingerprint density at radius 1 is 1.04 bits per heavy atom. The van der Waals surface area contributed by atoms with Gasteiger partial charge in [-0.1, -0.05) is 18.2 Å². The summed E-state index contributed by atoms with van der Waals surface area (Å²) in [6, 6.07) is 12.6. The lowest BCUT2D eigenvalue weighted by atomic mass is 10.2. The number of nitrogens with zero attached hydrogens (tertiary/aromatic N) is 4. The maximum Gasteiger partial charge on any atom is 0.270 e. The average Bonchev–Trinajstić information content (AvgIpc) is 2.97. The van der Waals surface area contributed by atoms with Crippen molar-refractivity contribution in [3.63, 3.8) is 0 Å². The summed E-state index contributed by atoms with van der Waals surface area (Å²) in [5, 5.41) is 0.787. The fraction of sp³-hybridized carbons (Fsp3) is 0.400. The maximum absolute atomic E-state index is 12.7. The molecular weight excluding hydrogens is 344 g/mol. The van der Waals surface area contributed by atoms with Crippen LogP contribution in [0.4, 0.5) is 5.69 Å². The summed E-state index contributed by atoms with van der Waals surface area (Å²) >= 11 is 1.49. The molecule has 4 rings (SSSR count). The van der Waals surface area contributed by atoms with E-state index >= 15 is 0 Å². The second-order valence-corrected chi connectivity index (χ2v) is 7.93. The molecule has 0 unspecified atom stereocenters. The number of aryl methyl sites for hydroxylation is 2. The van der Waals surface area contributed by atoms with Crippen LogP contribution < -0.4 is 10.5 Å². The molecule has 0 atom stereocenters. The number of rotatable bonds is 4. The normalized spacial score (nSPS) is 15.7. The number of hydrogen-bond acceptors (Lipinski definition) is 5. The Morgan fingerprint density at radius 3 is 2.50 bits per heavy atom. The maximum atomic E-state index is 12.7.